The average Bonchev–Trinajstić information content (AvgIpc) is 3.30. The van der Waals surface area contributed by atoms with Crippen LogP contribution < -0.4 is 10.6 Å². The SMILES string of the molecule is O=C(NCCCc1ccccc1)C(=O)NC[C@@H]1OCCN1S(=O)(=O)c1ccc([N+](=O)[O-])cc1. The van der Waals surface area contributed by atoms with Crippen LogP contribution in [-0.4, -0.2) is 61.9 Å². The summed E-state index contributed by atoms with van der Waals surface area (Å²) in [6.45, 7) is 0.258. The van der Waals surface area contributed by atoms with Crippen LogP contribution in [0.4, 0.5) is 5.69 Å². The number of carbonyl (C=O) groups excluding carboxylic acids is 2. The van der Waals surface area contributed by atoms with Crippen molar-refractivity contribution in [2.45, 2.75) is 24.0 Å². The van der Waals surface area contributed by atoms with E-state index in [0.717, 1.165) is 40.6 Å². The van der Waals surface area contributed by atoms with Crippen molar-refractivity contribution in [2.75, 3.05) is 26.2 Å². The Labute approximate surface area is 190 Å². The summed E-state index contributed by atoms with van der Waals surface area (Å²) in [6.07, 6.45) is 0.421. The molecular formula is C21H24N4O7S. The Morgan fingerprint density at radius 1 is 1.06 bits per heavy atom. The third kappa shape index (κ3) is 6.34. The number of nitrogens with zero attached hydrogens (tertiary/aromatic N) is 2. The van der Waals surface area contributed by atoms with Crippen molar-refractivity contribution in [1.82, 2.24) is 14.9 Å². The lowest BCUT2D eigenvalue weighted by molar-refractivity contribution is -0.384. The van der Waals surface area contributed by atoms with Gasteiger partial charge in [-0.25, -0.2) is 8.42 Å². The van der Waals surface area contributed by atoms with Crippen LogP contribution in [0.1, 0.15) is 12.0 Å². The van der Waals surface area contributed by atoms with Gasteiger partial charge < -0.3 is 15.4 Å². The zero-order valence-electron chi connectivity index (χ0n) is 17.7. The van der Waals surface area contributed by atoms with Gasteiger partial charge in [-0.05, 0) is 30.5 Å². The maximum Gasteiger partial charge on any atom is 0.309 e. The summed E-state index contributed by atoms with van der Waals surface area (Å²) < 4.78 is 32.2. The van der Waals surface area contributed by atoms with Crippen molar-refractivity contribution in [3.8, 4) is 0 Å². The fraction of sp³-hybridized carbons (Fsp3) is 0.333. The molecule has 0 aliphatic carbocycles. The van der Waals surface area contributed by atoms with Crippen LogP contribution in [0.15, 0.2) is 59.5 Å². The van der Waals surface area contributed by atoms with Crippen molar-refractivity contribution < 1.29 is 27.7 Å². The second kappa shape index (κ2) is 11.0. The van der Waals surface area contributed by atoms with Crippen LogP contribution in [0, 0.1) is 10.1 Å². The number of hydrogen-bond acceptors (Lipinski definition) is 7. The number of aryl methyl sites for hydroxylation is 1. The molecule has 2 amide bonds. The molecular weight excluding hydrogens is 452 g/mol. The van der Waals surface area contributed by atoms with E-state index >= 15 is 0 Å². The fourth-order valence-corrected chi connectivity index (χ4v) is 4.81. The lowest BCUT2D eigenvalue weighted by Gasteiger charge is -2.22. The Hall–Kier alpha value is -3.35. The molecule has 0 unspecified atom stereocenters. The molecule has 1 fully saturated rings. The maximum atomic E-state index is 12.9. The number of rotatable bonds is 9. The Kier molecular flexibility index (Phi) is 8.09. The molecule has 1 heterocycles. The van der Waals surface area contributed by atoms with E-state index in [1.807, 2.05) is 30.3 Å². The van der Waals surface area contributed by atoms with Crippen LogP contribution in [0.2, 0.25) is 0 Å². The van der Waals surface area contributed by atoms with Crippen molar-refractivity contribution in [3.63, 3.8) is 0 Å². The number of hydrogen-bond donors (Lipinski definition) is 2. The molecule has 0 bridgehead atoms. The van der Waals surface area contributed by atoms with Crippen LogP contribution in [0.25, 0.3) is 0 Å². The van der Waals surface area contributed by atoms with E-state index in [2.05, 4.69) is 10.6 Å². The Morgan fingerprint density at radius 2 is 1.73 bits per heavy atom. The average molecular weight is 477 g/mol. The Morgan fingerprint density at radius 3 is 2.39 bits per heavy atom. The van der Waals surface area contributed by atoms with Gasteiger partial charge in [-0.2, -0.15) is 4.31 Å². The molecule has 0 spiro atoms. The van der Waals surface area contributed by atoms with Crippen LogP contribution >= 0.6 is 0 Å². The zero-order chi connectivity index (χ0) is 23.8. The van der Waals surface area contributed by atoms with Crippen molar-refractivity contribution in [1.29, 1.82) is 0 Å². The summed E-state index contributed by atoms with van der Waals surface area (Å²) in [5, 5.41) is 15.7. The number of nitrogens with one attached hydrogen (secondary N) is 2. The summed E-state index contributed by atoms with van der Waals surface area (Å²) in [5.41, 5.74) is 0.897. The number of nitro groups is 1. The molecule has 1 aliphatic heterocycles. The second-order valence-corrected chi connectivity index (χ2v) is 9.14. The summed E-state index contributed by atoms with van der Waals surface area (Å²) in [4.78, 5) is 34.1. The highest BCUT2D eigenvalue weighted by Gasteiger charge is 2.36. The number of nitro benzene ring substituents is 1. The molecule has 1 atom stereocenters. The first kappa shape index (κ1) is 24.3. The summed E-state index contributed by atoms with van der Waals surface area (Å²) in [6, 6.07) is 14.2. The van der Waals surface area contributed by atoms with Gasteiger partial charge in [-0.1, -0.05) is 30.3 Å². The van der Waals surface area contributed by atoms with Crippen LogP contribution in [0.3, 0.4) is 0 Å². The maximum absolute atomic E-state index is 12.9. The Bertz CT molecular complexity index is 1090. The van der Waals surface area contributed by atoms with Gasteiger partial charge in [0.2, 0.25) is 10.0 Å². The van der Waals surface area contributed by atoms with E-state index in [1.165, 1.54) is 0 Å². The lowest BCUT2D eigenvalue weighted by Crippen LogP contribution is -2.47. The van der Waals surface area contributed by atoms with E-state index in [4.69, 9.17) is 4.74 Å². The highest BCUT2D eigenvalue weighted by molar-refractivity contribution is 7.89. The molecule has 0 aromatic heterocycles. The highest BCUT2D eigenvalue weighted by Crippen LogP contribution is 2.24. The molecule has 2 aromatic rings. The Balaban J connectivity index is 1.48. The molecule has 1 aliphatic rings. The third-order valence-corrected chi connectivity index (χ3v) is 6.91. The molecule has 11 nitrogen and oxygen atoms in total. The van der Waals surface area contributed by atoms with Crippen molar-refractivity contribution in [3.05, 3.63) is 70.3 Å². The summed E-state index contributed by atoms with van der Waals surface area (Å²) in [5.74, 6) is -1.70. The van der Waals surface area contributed by atoms with Gasteiger partial charge in [0, 0.05) is 25.2 Å². The topological polar surface area (TPSA) is 148 Å². The monoisotopic (exact) mass is 476 g/mol. The molecule has 176 valence electrons. The number of ether oxygens (including phenoxy) is 1. The normalized spacial score (nSPS) is 16.3. The molecule has 0 radical (unpaired) electrons. The molecule has 12 heteroatoms. The van der Waals surface area contributed by atoms with E-state index in [9.17, 15) is 28.1 Å². The zero-order valence-corrected chi connectivity index (χ0v) is 18.5. The standard InChI is InChI=1S/C21H24N4O7S/c26-20(22-12-4-7-16-5-2-1-3-6-16)21(27)23-15-19-24(13-14-32-19)33(30,31)18-10-8-17(9-11-18)25(28)29/h1-3,5-6,8-11,19H,4,7,12-15H2,(H,22,26)(H,23,27)/t19-/m0/s1. The van der Waals surface area contributed by atoms with Crippen LogP contribution in [-0.2, 0) is 30.8 Å². The van der Waals surface area contributed by atoms with Gasteiger partial charge in [0.25, 0.3) is 5.69 Å². The van der Waals surface area contributed by atoms with Crippen molar-refractivity contribution in [2.24, 2.45) is 0 Å². The van der Waals surface area contributed by atoms with Crippen LogP contribution in [0.5, 0.6) is 0 Å². The quantitative estimate of drug-likeness (QED) is 0.235. The fourth-order valence-electron chi connectivity index (χ4n) is 3.30. The minimum atomic E-state index is -4.01. The number of non-ortho nitro benzene ring substituents is 1. The highest BCUT2D eigenvalue weighted by atomic mass is 32.2. The van der Waals surface area contributed by atoms with Gasteiger partial charge in [-0.3, -0.25) is 19.7 Å². The lowest BCUT2D eigenvalue weighted by atomic mass is 10.1. The van der Waals surface area contributed by atoms with Gasteiger partial charge in [-0.15, -0.1) is 0 Å². The van der Waals surface area contributed by atoms with Gasteiger partial charge in [0.1, 0.15) is 6.23 Å². The van der Waals surface area contributed by atoms with E-state index < -0.39 is 33.0 Å². The summed E-state index contributed by atoms with van der Waals surface area (Å²) in [7, 11) is -4.01. The van der Waals surface area contributed by atoms with E-state index in [1.54, 1.807) is 0 Å². The summed E-state index contributed by atoms with van der Waals surface area (Å²) >= 11 is 0. The molecule has 3 rings (SSSR count). The first-order valence-electron chi connectivity index (χ1n) is 10.3. The number of benzene rings is 2. The molecule has 2 aromatic carbocycles. The number of amides is 2. The smallest absolute Gasteiger partial charge is 0.309 e. The van der Waals surface area contributed by atoms with E-state index in [0.29, 0.717) is 13.0 Å². The third-order valence-electron chi connectivity index (χ3n) is 5.01. The first-order valence-corrected chi connectivity index (χ1v) is 11.7. The minimum Gasteiger partial charge on any atom is -0.359 e. The van der Waals surface area contributed by atoms with Crippen molar-refractivity contribution >= 4 is 27.5 Å². The molecule has 1 saturated heterocycles. The predicted octanol–water partition coefficient (Wildman–Crippen LogP) is 0.807. The number of carbonyl (C=O) groups is 2. The second-order valence-electron chi connectivity index (χ2n) is 7.25. The van der Waals surface area contributed by atoms with Gasteiger partial charge in [0.05, 0.1) is 23.0 Å². The molecule has 2 N–H and O–H groups in total. The van der Waals surface area contributed by atoms with Gasteiger partial charge in [0.15, 0.2) is 0 Å². The minimum absolute atomic E-state index is 0.0472. The molecule has 33 heavy (non-hydrogen) atoms. The van der Waals surface area contributed by atoms with Gasteiger partial charge >= 0.3 is 11.8 Å². The predicted molar refractivity (Wildman–Crippen MR) is 118 cm³/mol. The first-order chi connectivity index (χ1) is 15.8. The number of sulfonamides is 1. The molecule has 0 saturated carbocycles. The van der Waals surface area contributed by atoms with E-state index in [-0.39, 0.29) is 30.3 Å². The largest absolute Gasteiger partial charge is 0.359 e.